The van der Waals surface area contributed by atoms with Crippen LogP contribution in [-0.4, -0.2) is 22.8 Å². The quantitative estimate of drug-likeness (QED) is 0.924. The first-order chi connectivity index (χ1) is 10.1. The van der Waals surface area contributed by atoms with Gasteiger partial charge in [0.05, 0.1) is 30.9 Å². The Morgan fingerprint density at radius 1 is 1.38 bits per heavy atom. The lowest BCUT2D eigenvalue weighted by Crippen LogP contribution is -2.24. The van der Waals surface area contributed by atoms with Crippen molar-refractivity contribution in [3.05, 3.63) is 46.0 Å². The van der Waals surface area contributed by atoms with Crippen molar-refractivity contribution in [2.45, 2.75) is 26.3 Å². The summed E-state index contributed by atoms with van der Waals surface area (Å²) < 4.78 is 8.71. The van der Waals surface area contributed by atoms with Crippen molar-refractivity contribution in [2.24, 2.45) is 11.7 Å². The summed E-state index contributed by atoms with van der Waals surface area (Å²) in [6.45, 7) is 5.75. The number of nitrogens with zero attached hydrogens (tertiary/aromatic N) is 2. The fourth-order valence-corrected chi connectivity index (χ4v) is 3.14. The van der Waals surface area contributed by atoms with Gasteiger partial charge in [0, 0.05) is 22.7 Å². The first-order valence-corrected chi connectivity index (χ1v) is 8.00. The lowest BCUT2D eigenvalue weighted by Gasteiger charge is -2.20. The number of hydrogen-bond acceptors (Lipinski definition) is 3. The van der Waals surface area contributed by atoms with Crippen LogP contribution in [0.3, 0.4) is 0 Å². The highest BCUT2D eigenvalue weighted by Crippen LogP contribution is 2.30. The van der Waals surface area contributed by atoms with Crippen LogP contribution in [0.2, 0.25) is 0 Å². The van der Waals surface area contributed by atoms with Crippen LogP contribution >= 0.6 is 15.9 Å². The van der Waals surface area contributed by atoms with Gasteiger partial charge in [-0.1, -0.05) is 15.9 Å². The molecule has 1 aliphatic rings. The van der Waals surface area contributed by atoms with Crippen molar-refractivity contribution < 1.29 is 4.74 Å². The molecule has 2 atom stereocenters. The normalized spacial score (nSPS) is 19.9. The minimum absolute atomic E-state index is 0.0424. The molecule has 21 heavy (non-hydrogen) atoms. The number of imidazole rings is 1. The molecule has 0 spiro atoms. The van der Waals surface area contributed by atoms with E-state index in [1.54, 1.807) is 0 Å². The number of rotatable bonds is 3. The van der Waals surface area contributed by atoms with E-state index in [1.807, 2.05) is 12.5 Å². The van der Waals surface area contributed by atoms with Gasteiger partial charge in [-0.25, -0.2) is 4.98 Å². The third-order valence-electron chi connectivity index (χ3n) is 4.18. The monoisotopic (exact) mass is 349 g/mol. The second-order valence-electron chi connectivity index (χ2n) is 5.73. The van der Waals surface area contributed by atoms with Crippen molar-refractivity contribution in [3.8, 4) is 5.69 Å². The van der Waals surface area contributed by atoms with Crippen LogP contribution in [0.1, 0.15) is 29.3 Å². The molecule has 0 bridgehead atoms. The molecule has 5 heteroatoms. The molecular weight excluding hydrogens is 330 g/mol. The number of benzene rings is 1. The van der Waals surface area contributed by atoms with Gasteiger partial charge < -0.3 is 15.0 Å². The molecule has 112 valence electrons. The Balaban J connectivity index is 1.98. The summed E-state index contributed by atoms with van der Waals surface area (Å²) in [5.41, 5.74) is 11.0. The average Bonchev–Trinajstić information content (AvgIpc) is 3.14. The minimum atomic E-state index is -0.0424. The highest BCUT2D eigenvalue weighted by molar-refractivity contribution is 9.10. The van der Waals surface area contributed by atoms with E-state index in [0.717, 1.165) is 35.5 Å². The fraction of sp³-hybridized carbons (Fsp3) is 0.438. The van der Waals surface area contributed by atoms with Crippen molar-refractivity contribution >= 4 is 15.9 Å². The van der Waals surface area contributed by atoms with E-state index in [-0.39, 0.29) is 6.04 Å². The molecular formula is C16H20BrN3O. The molecule has 4 nitrogen and oxygen atoms in total. The Kier molecular flexibility index (Phi) is 4.15. The second-order valence-corrected chi connectivity index (χ2v) is 6.52. The predicted molar refractivity (Wildman–Crippen MR) is 86.6 cm³/mol. The van der Waals surface area contributed by atoms with Gasteiger partial charge in [0.25, 0.3) is 0 Å². The lowest BCUT2D eigenvalue weighted by atomic mass is 9.97. The van der Waals surface area contributed by atoms with Crippen LogP contribution in [0.4, 0.5) is 0 Å². The van der Waals surface area contributed by atoms with Gasteiger partial charge in [0.1, 0.15) is 0 Å². The highest BCUT2D eigenvalue weighted by atomic mass is 79.9. The number of aryl methyl sites for hydroxylation is 2. The smallest absolute Gasteiger partial charge is 0.0994 e. The first-order valence-electron chi connectivity index (χ1n) is 7.20. The molecule has 1 saturated heterocycles. The Morgan fingerprint density at radius 3 is 2.71 bits per heavy atom. The molecule has 0 amide bonds. The Labute approximate surface area is 133 Å². The van der Waals surface area contributed by atoms with Crippen LogP contribution < -0.4 is 5.73 Å². The third kappa shape index (κ3) is 2.78. The fourth-order valence-electron chi connectivity index (χ4n) is 2.91. The van der Waals surface area contributed by atoms with Crippen molar-refractivity contribution in [1.29, 1.82) is 0 Å². The molecule has 0 saturated carbocycles. The van der Waals surface area contributed by atoms with Crippen molar-refractivity contribution in [2.75, 3.05) is 13.2 Å². The summed E-state index contributed by atoms with van der Waals surface area (Å²) >= 11 is 3.61. The number of ether oxygens (including phenoxy) is 1. The van der Waals surface area contributed by atoms with Crippen LogP contribution in [0.25, 0.3) is 5.69 Å². The number of hydrogen-bond donors (Lipinski definition) is 1. The van der Waals surface area contributed by atoms with E-state index in [2.05, 4.69) is 51.5 Å². The van der Waals surface area contributed by atoms with E-state index >= 15 is 0 Å². The summed E-state index contributed by atoms with van der Waals surface area (Å²) in [5, 5.41) is 0. The molecule has 2 N–H and O–H groups in total. The van der Waals surface area contributed by atoms with E-state index in [9.17, 15) is 0 Å². The van der Waals surface area contributed by atoms with E-state index < -0.39 is 0 Å². The second kappa shape index (κ2) is 5.91. The maximum atomic E-state index is 6.44. The molecule has 2 heterocycles. The summed E-state index contributed by atoms with van der Waals surface area (Å²) in [7, 11) is 0. The Morgan fingerprint density at radius 2 is 2.10 bits per heavy atom. The van der Waals surface area contributed by atoms with E-state index in [0.29, 0.717) is 5.92 Å². The molecule has 1 aromatic heterocycles. The molecule has 2 aromatic rings. The zero-order chi connectivity index (χ0) is 15.0. The highest BCUT2D eigenvalue weighted by Gasteiger charge is 2.26. The number of nitrogens with two attached hydrogens (primary N) is 1. The predicted octanol–water partition coefficient (Wildman–Crippen LogP) is 3.29. The van der Waals surface area contributed by atoms with Crippen LogP contribution in [-0.2, 0) is 4.74 Å². The summed E-state index contributed by atoms with van der Waals surface area (Å²) in [5.74, 6) is 0.373. The summed E-state index contributed by atoms with van der Waals surface area (Å²) in [6.07, 6.45) is 4.73. The van der Waals surface area contributed by atoms with Crippen molar-refractivity contribution in [1.82, 2.24) is 9.55 Å². The standard InChI is InChI=1S/C16H20BrN3O/c1-10-5-13(6-11(2)15(10)17)20-9-19-7-14(20)16(18)12-3-4-21-8-12/h5-7,9,12,16H,3-4,8,18H2,1-2H3. The van der Waals surface area contributed by atoms with Crippen LogP contribution in [0.5, 0.6) is 0 Å². The molecule has 1 aromatic carbocycles. The molecule has 1 fully saturated rings. The lowest BCUT2D eigenvalue weighted by molar-refractivity contribution is 0.180. The average molecular weight is 350 g/mol. The van der Waals surface area contributed by atoms with Crippen LogP contribution in [0.15, 0.2) is 29.1 Å². The molecule has 3 rings (SSSR count). The maximum Gasteiger partial charge on any atom is 0.0994 e. The van der Waals surface area contributed by atoms with Gasteiger partial charge >= 0.3 is 0 Å². The Hall–Kier alpha value is -1.17. The van der Waals surface area contributed by atoms with E-state index in [1.165, 1.54) is 11.1 Å². The zero-order valence-electron chi connectivity index (χ0n) is 12.3. The maximum absolute atomic E-state index is 6.44. The first kappa shape index (κ1) is 14.8. The van der Waals surface area contributed by atoms with Gasteiger partial charge in [0.2, 0.25) is 0 Å². The SMILES string of the molecule is Cc1cc(-n2cncc2C(N)C2CCOC2)cc(C)c1Br. The number of aromatic nitrogens is 2. The molecule has 2 unspecified atom stereocenters. The zero-order valence-corrected chi connectivity index (χ0v) is 13.9. The van der Waals surface area contributed by atoms with Gasteiger partial charge in [-0.15, -0.1) is 0 Å². The summed E-state index contributed by atoms with van der Waals surface area (Å²) in [4.78, 5) is 4.30. The molecule has 0 radical (unpaired) electrons. The summed E-state index contributed by atoms with van der Waals surface area (Å²) in [6, 6.07) is 4.26. The topological polar surface area (TPSA) is 53.1 Å². The molecule has 1 aliphatic heterocycles. The van der Waals surface area contributed by atoms with Gasteiger partial charge in [-0.2, -0.15) is 0 Å². The minimum Gasteiger partial charge on any atom is -0.381 e. The van der Waals surface area contributed by atoms with Gasteiger partial charge in [-0.3, -0.25) is 0 Å². The third-order valence-corrected chi connectivity index (χ3v) is 5.43. The molecule has 0 aliphatic carbocycles. The largest absolute Gasteiger partial charge is 0.381 e. The number of halogens is 1. The van der Waals surface area contributed by atoms with Crippen LogP contribution in [0, 0.1) is 19.8 Å². The van der Waals surface area contributed by atoms with Gasteiger partial charge in [0.15, 0.2) is 0 Å². The van der Waals surface area contributed by atoms with Crippen molar-refractivity contribution in [3.63, 3.8) is 0 Å². The van der Waals surface area contributed by atoms with E-state index in [4.69, 9.17) is 10.5 Å². The Bertz CT molecular complexity index is 624. The van der Waals surface area contributed by atoms with Gasteiger partial charge in [-0.05, 0) is 43.5 Å².